The third-order valence-corrected chi connectivity index (χ3v) is 7.53. The first-order chi connectivity index (χ1) is 19.9. The van der Waals surface area contributed by atoms with Crippen LogP contribution in [0.2, 0.25) is 0 Å². The molecule has 1 atom stereocenters. The summed E-state index contributed by atoms with van der Waals surface area (Å²) in [5, 5.41) is 23.9. The molecule has 1 unspecified atom stereocenters. The van der Waals surface area contributed by atoms with Gasteiger partial charge in [-0.15, -0.1) is 0 Å². The van der Waals surface area contributed by atoms with Crippen LogP contribution in [0, 0.1) is 12.7 Å². The Morgan fingerprint density at radius 3 is 2.52 bits per heavy atom. The largest absolute Gasteiger partial charge is 0.494 e. The fraction of sp³-hybridized carbons (Fsp3) is 0.323. The van der Waals surface area contributed by atoms with Crippen molar-refractivity contribution in [3.05, 3.63) is 82.4 Å². The molecule has 8 nitrogen and oxygen atoms in total. The van der Waals surface area contributed by atoms with Crippen molar-refractivity contribution in [2.45, 2.75) is 44.8 Å². The summed E-state index contributed by atoms with van der Waals surface area (Å²) >= 11 is 0. The molecule has 1 amide bonds. The number of carbonyl (C=O) groups is 1. The van der Waals surface area contributed by atoms with E-state index in [2.05, 4.69) is 15.3 Å². The summed E-state index contributed by atoms with van der Waals surface area (Å²) in [5.74, 6) is -0.595. The number of ether oxygens (including phenoxy) is 2. The summed E-state index contributed by atoms with van der Waals surface area (Å²) in [4.78, 5) is 22.0. The number of rotatable bonds is 8. The monoisotopic (exact) mass is 581 g/mol. The van der Waals surface area contributed by atoms with E-state index < -0.39 is 35.7 Å². The minimum Gasteiger partial charge on any atom is -0.494 e. The van der Waals surface area contributed by atoms with Gasteiger partial charge < -0.3 is 25.0 Å². The third-order valence-electron chi connectivity index (χ3n) is 7.53. The van der Waals surface area contributed by atoms with Crippen LogP contribution in [0.4, 0.5) is 13.2 Å². The van der Waals surface area contributed by atoms with Crippen LogP contribution in [0.25, 0.3) is 22.2 Å². The number of hydrogen-bond acceptors (Lipinski definition) is 7. The quantitative estimate of drug-likeness (QED) is 0.274. The number of alkyl halides is 2. The fourth-order valence-corrected chi connectivity index (χ4v) is 4.98. The number of benzene rings is 2. The molecule has 0 aliphatic carbocycles. The van der Waals surface area contributed by atoms with Crippen LogP contribution >= 0.6 is 0 Å². The molecular weight excluding hydrogens is 551 g/mol. The number of fused-ring (bicyclic) bond motifs is 2. The van der Waals surface area contributed by atoms with E-state index in [4.69, 9.17) is 9.47 Å². The first-order valence-corrected chi connectivity index (χ1v) is 13.2. The highest BCUT2D eigenvalue weighted by molar-refractivity contribution is 6.00. The zero-order valence-corrected chi connectivity index (χ0v) is 23.5. The lowest BCUT2D eigenvalue weighted by molar-refractivity contribution is -0.101. The van der Waals surface area contributed by atoms with Crippen molar-refractivity contribution in [2.75, 3.05) is 20.3 Å². The highest BCUT2D eigenvalue weighted by atomic mass is 19.3. The van der Waals surface area contributed by atoms with Gasteiger partial charge in [0.2, 0.25) is 0 Å². The lowest BCUT2D eigenvalue weighted by Gasteiger charge is -2.29. The Labute approximate surface area is 240 Å². The number of amides is 1. The molecule has 2 aromatic heterocycles. The number of pyridine rings is 2. The van der Waals surface area contributed by atoms with Gasteiger partial charge in [-0.3, -0.25) is 4.79 Å². The van der Waals surface area contributed by atoms with E-state index >= 15 is 0 Å². The van der Waals surface area contributed by atoms with Crippen LogP contribution in [0.5, 0.6) is 11.5 Å². The second-order valence-corrected chi connectivity index (χ2v) is 11.0. The summed E-state index contributed by atoms with van der Waals surface area (Å²) in [7, 11) is 1.40. The second-order valence-electron chi connectivity index (χ2n) is 11.0. The van der Waals surface area contributed by atoms with Crippen LogP contribution in [0.15, 0.2) is 48.5 Å². The zero-order valence-electron chi connectivity index (χ0n) is 23.5. The minimum atomic E-state index is -3.33. The van der Waals surface area contributed by atoms with Crippen molar-refractivity contribution >= 4 is 16.8 Å². The van der Waals surface area contributed by atoms with Gasteiger partial charge in [-0.1, -0.05) is 13.8 Å². The lowest BCUT2D eigenvalue weighted by atomic mass is 9.84. The van der Waals surface area contributed by atoms with Gasteiger partial charge in [-0.05, 0) is 61.0 Å². The molecule has 0 spiro atoms. The molecule has 3 N–H and O–H groups in total. The number of nitrogens with one attached hydrogen (secondary N) is 1. The normalized spacial score (nSPS) is 15.3. The number of aliphatic hydroxyl groups excluding tert-OH is 1. The zero-order chi connectivity index (χ0) is 30.4. The van der Waals surface area contributed by atoms with E-state index in [0.29, 0.717) is 39.0 Å². The standard InChI is InChI=1S/C31H30F3N3O5/c1-16-9-18-10-19(11-23(41-4)25(18)36-22(16)13-38)28(39)35-14-31(40,29(33)34)24-12-21-27(42-15-30(21,2)3)26(37-24)17-5-7-20(32)8-6-17/h5-12,29,38,40H,13-15H2,1-4H3,(H,35,39). The van der Waals surface area contributed by atoms with Crippen LogP contribution in [0.3, 0.4) is 0 Å². The van der Waals surface area contributed by atoms with Crippen LogP contribution in [0.1, 0.15) is 46.7 Å². The number of aryl methyl sites for hydroxylation is 1. The molecule has 3 heterocycles. The molecule has 2 aromatic carbocycles. The van der Waals surface area contributed by atoms with E-state index in [-0.39, 0.29) is 35.9 Å². The SMILES string of the molecule is COc1cc(C(=O)NCC(O)(c2cc3c(c(-c4ccc(F)cc4)n2)OCC3(C)C)C(F)F)cc2cc(C)c(CO)nc12. The number of methoxy groups -OCH3 is 1. The highest BCUT2D eigenvalue weighted by Gasteiger charge is 2.45. The van der Waals surface area contributed by atoms with E-state index in [1.54, 1.807) is 13.0 Å². The highest BCUT2D eigenvalue weighted by Crippen LogP contribution is 2.46. The molecular formula is C31H30F3N3O5. The van der Waals surface area contributed by atoms with Crippen molar-refractivity contribution in [1.82, 2.24) is 15.3 Å². The van der Waals surface area contributed by atoms with Gasteiger partial charge in [-0.25, -0.2) is 23.1 Å². The number of nitrogens with zero attached hydrogens (tertiary/aromatic N) is 2. The van der Waals surface area contributed by atoms with E-state index in [0.717, 1.165) is 0 Å². The molecule has 42 heavy (non-hydrogen) atoms. The van der Waals surface area contributed by atoms with E-state index in [1.807, 2.05) is 13.8 Å². The third kappa shape index (κ3) is 5.14. The topological polar surface area (TPSA) is 114 Å². The maximum atomic E-state index is 14.6. The predicted molar refractivity (Wildman–Crippen MR) is 149 cm³/mol. The maximum absolute atomic E-state index is 14.6. The number of carbonyl (C=O) groups excluding carboxylic acids is 1. The van der Waals surface area contributed by atoms with Gasteiger partial charge in [0.05, 0.1) is 38.3 Å². The van der Waals surface area contributed by atoms with Gasteiger partial charge >= 0.3 is 0 Å². The molecule has 0 saturated heterocycles. The summed E-state index contributed by atoms with van der Waals surface area (Å²) in [6.45, 7) is 4.61. The molecule has 0 bridgehead atoms. The molecule has 4 aromatic rings. The average Bonchev–Trinajstić information content (AvgIpc) is 3.28. The Bertz CT molecular complexity index is 1680. The number of aliphatic hydroxyl groups is 2. The minimum absolute atomic E-state index is 0.0948. The molecule has 1 aliphatic rings. The number of hydrogen-bond donors (Lipinski definition) is 3. The molecule has 0 saturated carbocycles. The van der Waals surface area contributed by atoms with Crippen molar-refractivity contribution in [1.29, 1.82) is 0 Å². The van der Waals surface area contributed by atoms with E-state index in [1.165, 1.54) is 49.6 Å². The van der Waals surface area contributed by atoms with Crippen molar-refractivity contribution in [2.24, 2.45) is 0 Å². The molecule has 0 fully saturated rings. The van der Waals surface area contributed by atoms with Crippen molar-refractivity contribution in [3.63, 3.8) is 0 Å². The van der Waals surface area contributed by atoms with Gasteiger partial charge in [-0.2, -0.15) is 0 Å². The predicted octanol–water partition coefficient (Wildman–Crippen LogP) is 4.80. The second kappa shape index (κ2) is 10.9. The maximum Gasteiger partial charge on any atom is 0.274 e. The van der Waals surface area contributed by atoms with Crippen LogP contribution in [-0.4, -0.2) is 52.8 Å². The fourth-order valence-electron chi connectivity index (χ4n) is 4.98. The van der Waals surface area contributed by atoms with Gasteiger partial charge in [0.1, 0.15) is 28.5 Å². The van der Waals surface area contributed by atoms with Crippen LogP contribution < -0.4 is 14.8 Å². The Morgan fingerprint density at radius 1 is 1.17 bits per heavy atom. The number of aromatic nitrogens is 2. The molecule has 1 aliphatic heterocycles. The average molecular weight is 582 g/mol. The summed E-state index contributed by atoms with van der Waals surface area (Å²) < 4.78 is 54.1. The summed E-state index contributed by atoms with van der Waals surface area (Å²) in [5.41, 5.74) is -0.981. The van der Waals surface area contributed by atoms with Gasteiger partial charge in [0.25, 0.3) is 12.3 Å². The number of halogens is 3. The van der Waals surface area contributed by atoms with Crippen molar-refractivity contribution in [3.8, 4) is 22.8 Å². The molecule has 220 valence electrons. The molecule has 11 heteroatoms. The Morgan fingerprint density at radius 2 is 1.88 bits per heavy atom. The lowest BCUT2D eigenvalue weighted by Crippen LogP contribution is -2.46. The van der Waals surface area contributed by atoms with Crippen molar-refractivity contribution < 1.29 is 37.7 Å². The van der Waals surface area contributed by atoms with Crippen LogP contribution in [-0.2, 0) is 17.6 Å². The molecule has 5 rings (SSSR count). The Balaban J connectivity index is 1.52. The Hall–Kier alpha value is -4.22. The summed E-state index contributed by atoms with van der Waals surface area (Å²) in [6, 6.07) is 11.4. The van der Waals surface area contributed by atoms with E-state index in [9.17, 15) is 28.2 Å². The Kier molecular flexibility index (Phi) is 7.59. The first-order valence-electron chi connectivity index (χ1n) is 13.2. The van der Waals surface area contributed by atoms with Gasteiger partial charge in [0.15, 0.2) is 5.60 Å². The molecule has 0 radical (unpaired) electrons. The smallest absolute Gasteiger partial charge is 0.274 e. The summed E-state index contributed by atoms with van der Waals surface area (Å²) in [6.07, 6.45) is -3.33. The first kappa shape index (κ1) is 29.3. The van der Waals surface area contributed by atoms with Gasteiger partial charge in [0, 0.05) is 27.5 Å².